The van der Waals surface area contributed by atoms with E-state index in [0.717, 1.165) is 44.7 Å². The molecule has 0 bridgehead atoms. The number of hydrogen-bond donors (Lipinski definition) is 1. The fraction of sp³-hybridized carbons (Fsp3) is 0.667. The van der Waals surface area contributed by atoms with Gasteiger partial charge in [0, 0.05) is 26.7 Å². The first-order valence-corrected chi connectivity index (χ1v) is 9.97. The maximum absolute atomic E-state index is 6.09. The molecule has 5 nitrogen and oxygen atoms in total. The van der Waals surface area contributed by atoms with E-state index >= 15 is 0 Å². The molecule has 2 fully saturated rings. The van der Waals surface area contributed by atoms with Crippen molar-refractivity contribution in [2.24, 2.45) is 10.9 Å². The van der Waals surface area contributed by atoms with Crippen LogP contribution < -0.4 is 5.32 Å². The fourth-order valence-electron chi connectivity index (χ4n) is 4.15. The van der Waals surface area contributed by atoms with Gasteiger partial charge in [0.15, 0.2) is 5.96 Å². The molecule has 152 valence electrons. The molecule has 1 N–H and O–H groups in total. The predicted octanol–water partition coefficient (Wildman–Crippen LogP) is 3.21. The van der Waals surface area contributed by atoms with Crippen LogP contribution in [-0.4, -0.2) is 68.7 Å². The summed E-state index contributed by atoms with van der Waals surface area (Å²) in [5.74, 6) is 1.74. The second kappa shape index (κ2) is 10.6. The van der Waals surface area contributed by atoms with Crippen molar-refractivity contribution in [1.82, 2.24) is 15.1 Å². The first-order valence-electron chi connectivity index (χ1n) is 9.97. The Morgan fingerprint density at radius 1 is 1.26 bits per heavy atom. The molecule has 1 aromatic carbocycles. The van der Waals surface area contributed by atoms with Crippen LogP contribution in [0.2, 0.25) is 0 Å². The molecule has 0 aromatic heterocycles. The molecule has 2 heterocycles. The van der Waals surface area contributed by atoms with Gasteiger partial charge in [0.2, 0.25) is 0 Å². The van der Waals surface area contributed by atoms with Crippen molar-refractivity contribution < 1.29 is 4.74 Å². The van der Waals surface area contributed by atoms with E-state index in [0.29, 0.717) is 0 Å². The summed E-state index contributed by atoms with van der Waals surface area (Å²) in [6.45, 7) is 13.7. The summed E-state index contributed by atoms with van der Waals surface area (Å²) in [4.78, 5) is 9.41. The first-order chi connectivity index (χ1) is 12.6. The molecule has 2 unspecified atom stereocenters. The van der Waals surface area contributed by atoms with Gasteiger partial charge in [0.05, 0.1) is 13.2 Å². The Hall–Kier alpha value is -0.860. The zero-order chi connectivity index (χ0) is 18.5. The summed E-state index contributed by atoms with van der Waals surface area (Å²) in [5.41, 5.74) is 3.91. The largest absolute Gasteiger partial charge is 0.370 e. The number of likely N-dealkylation sites (tertiary alicyclic amines) is 1. The zero-order valence-electron chi connectivity index (χ0n) is 17.2. The van der Waals surface area contributed by atoms with E-state index < -0.39 is 0 Å². The number of hydrogen-bond acceptors (Lipinski definition) is 3. The minimum Gasteiger partial charge on any atom is -0.370 e. The maximum Gasteiger partial charge on any atom is 0.193 e. The zero-order valence-corrected chi connectivity index (χ0v) is 19.5. The van der Waals surface area contributed by atoms with Crippen molar-refractivity contribution in [3.05, 3.63) is 34.9 Å². The third-order valence-corrected chi connectivity index (χ3v) is 5.72. The first kappa shape index (κ1) is 22.4. The predicted molar refractivity (Wildman–Crippen MR) is 123 cm³/mol. The van der Waals surface area contributed by atoms with Gasteiger partial charge in [-0.25, -0.2) is 0 Å². The minimum absolute atomic E-state index is 0. The number of rotatable bonds is 4. The third kappa shape index (κ3) is 5.81. The van der Waals surface area contributed by atoms with Gasteiger partial charge in [-0.3, -0.25) is 4.99 Å². The van der Waals surface area contributed by atoms with Crippen molar-refractivity contribution in [1.29, 1.82) is 0 Å². The van der Waals surface area contributed by atoms with Gasteiger partial charge in [0.25, 0.3) is 0 Å². The highest BCUT2D eigenvalue weighted by molar-refractivity contribution is 14.0. The average Bonchev–Trinajstić information content (AvgIpc) is 3.10. The van der Waals surface area contributed by atoms with E-state index in [1.54, 1.807) is 0 Å². The molecule has 6 heteroatoms. The summed E-state index contributed by atoms with van der Waals surface area (Å²) in [7, 11) is 1.89. The lowest BCUT2D eigenvalue weighted by Gasteiger charge is -2.36. The van der Waals surface area contributed by atoms with E-state index in [1.165, 1.54) is 36.2 Å². The van der Waals surface area contributed by atoms with Crippen molar-refractivity contribution in [3.63, 3.8) is 0 Å². The molecule has 3 rings (SSSR count). The van der Waals surface area contributed by atoms with Crippen LogP contribution in [0.25, 0.3) is 0 Å². The van der Waals surface area contributed by atoms with Crippen molar-refractivity contribution in [3.8, 4) is 0 Å². The quantitative estimate of drug-likeness (QED) is 0.403. The van der Waals surface area contributed by atoms with E-state index in [1.807, 2.05) is 7.05 Å². The molecule has 27 heavy (non-hydrogen) atoms. The van der Waals surface area contributed by atoms with Gasteiger partial charge < -0.3 is 19.9 Å². The molecule has 2 saturated heterocycles. The van der Waals surface area contributed by atoms with Crippen molar-refractivity contribution in [2.75, 3.05) is 52.9 Å². The standard InChI is InChI=1S/C21H34N4O.HI/c1-5-24-9-8-18(14-24)13-23-21(22-4)25-10-11-26-20(15-25)19-7-6-16(2)12-17(19)3;/h6-7,12,18,20H,5,8-11,13-15H2,1-4H3,(H,22,23);1H. The second-order valence-electron chi connectivity index (χ2n) is 7.64. The van der Waals surface area contributed by atoms with Crippen LogP contribution in [-0.2, 0) is 4.74 Å². The van der Waals surface area contributed by atoms with Gasteiger partial charge in [-0.05, 0) is 50.4 Å². The van der Waals surface area contributed by atoms with Crippen molar-refractivity contribution in [2.45, 2.75) is 33.3 Å². The second-order valence-corrected chi connectivity index (χ2v) is 7.64. The highest BCUT2D eigenvalue weighted by Gasteiger charge is 2.26. The van der Waals surface area contributed by atoms with E-state index in [9.17, 15) is 0 Å². The van der Waals surface area contributed by atoms with Crippen LogP contribution in [0.1, 0.15) is 36.1 Å². The van der Waals surface area contributed by atoms with Crippen LogP contribution in [0.5, 0.6) is 0 Å². The molecular weight excluding hydrogens is 451 g/mol. The van der Waals surface area contributed by atoms with E-state index in [-0.39, 0.29) is 30.1 Å². The maximum atomic E-state index is 6.09. The smallest absolute Gasteiger partial charge is 0.193 e. The minimum atomic E-state index is 0. The molecule has 0 spiro atoms. The Morgan fingerprint density at radius 3 is 2.74 bits per heavy atom. The molecule has 2 atom stereocenters. The Bertz CT molecular complexity index is 637. The number of aliphatic imine (C=N–C) groups is 1. The van der Waals surface area contributed by atoms with Crippen molar-refractivity contribution >= 4 is 29.9 Å². The van der Waals surface area contributed by atoms with Gasteiger partial charge in [-0.1, -0.05) is 30.7 Å². The van der Waals surface area contributed by atoms with Gasteiger partial charge >= 0.3 is 0 Å². The third-order valence-electron chi connectivity index (χ3n) is 5.72. The molecule has 0 radical (unpaired) electrons. The molecule has 1 aromatic rings. The van der Waals surface area contributed by atoms with Crippen LogP contribution in [0.4, 0.5) is 0 Å². The number of halogens is 1. The topological polar surface area (TPSA) is 40.1 Å². The molecule has 0 saturated carbocycles. The number of aryl methyl sites for hydroxylation is 2. The highest BCUT2D eigenvalue weighted by Crippen LogP contribution is 2.26. The van der Waals surface area contributed by atoms with Gasteiger partial charge in [-0.2, -0.15) is 0 Å². The molecule has 2 aliphatic rings. The SMILES string of the molecule is CCN1CCC(CNC(=NC)N2CCOC(c3ccc(C)cc3C)C2)C1.I. The average molecular weight is 486 g/mol. The number of ether oxygens (including phenoxy) is 1. The normalized spacial score (nSPS) is 24.0. The van der Waals surface area contributed by atoms with Gasteiger partial charge in [-0.15, -0.1) is 24.0 Å². The number of nitrogens with one attached hydrogen (secondary N) is 1. The monoisotopic (exact) mass is 486 g/mol. The Morgan fingerprint density at radius 2 is 2.07 bits per heavy atom. The van der Waals surface area contributed by atoms with Gasteiger partial charge in [0.1, 0.15) is 6.10 Å². The number of benzene rings is 1. The van der Waals surface area contributed by atoms with Crippen LogP contribution in [0.15, 0.2) is 23.2 Å². The summed E-state index contributed by atoms with van der Waals surface area (Å²) in [6, 6.07) is 6.63. The summed E-state index contributed by atoms with van der Waals surface area (Å²) >= 11 is 0. The van der Waals surface area contributed by atoms with E-state index in [2.05, 4.69) is 59.1 Å². The summed E-state index contributed by atoms with van der Waals surface area (Å²) in [6.07, 6.45) is 1.40. The number of nitrogens with zero attached hydrogens (tertiary/aromatic N) is 3. The molecular formula is C21H35IN4O. The molecule has 0 amide bonds. The lowest BCUT2D eigenvalue weighted by molar-refractivity contribution is -0.00836. The lowest BCUT2D eigenvalue weighted by atomic mass is 10.00. The Labute approximate surface area is 181 Å². The number of guanidine groups is 1. The number of morpholine rings is 1. The fourth-order valence-corrected chi connectivity index (χ4v) is 4.15. The van der Waals surface area contributed by atoms with Crippen LogP contribution in [0.3, 0.4) is 0 Å². The lowest BCUT2D eigenvalue weighted by Crippen LogP contribution is -2.49. The van der Waals surface area contributed by atoms with Crippen LogP contribution >= 0.6 is 24.0 Å². The Kier molecular flexibility index (Phi) is 8.82. The summed E-state index contributed by atoms with van der Waals surface area (Å²) < 4.78 is 6.09. The molecule has 0 aliphatic carbocycles. The Balaban J connectivity index is 0.00000261. The highest BCUT2D eigenvalue weighted by atomic mass is 127. The molecule has 2 aliphatic heterocycles. The van der Waals surface area contributed by atoms with Crippen LogP contribution in [0, 0.1) is 19.8 Å². The summed E-state index contributed by atoms with van der Waals surface area (Å²) in [5, 5.41) is 3.62. The van der Waals surface area contributed by atoms with E-state index in [4.69, 9.17) is 4.74 Å².